The number of hydrogen-bond donors (Lipinski definition) is 1. The molecule has 4 amide bonds. The number of hydrogen-bond acceptors (Lipinski definition) is 10. The van der Waals surface area contributed by atoms with Gasteiger partial charge in [0.05, 0.1) is 44.1 Å². The maximum Gasteiger partial charge on any atom is 0.262 e. The van der Waals surface area contributed by atoms with Crippen molar-refractivity contribution in [1.82, 2.24) is 19.7 Å². The van der Waals surface area contributed by atoms with Gasteiger partial charge in [0.1, 0.15) is 17.5 Å². The maximum atomic E-state index is 13.3. The fraction of sp³-hybridized carbons (Fsp3) is 0.382. The minimum absolute atomic E-state index is 0.0508. The Morgan fingerprint density at radius 3 is 2.21 bits per heavy atom. The third-order valence-electron chi connectivity index (χ3n) is 9.54. The van der Waals surface area contributed by atoms with Crippen molar-refractivity contribution in [2.45, 2.75) is 38.6 Å². The van der Waals surface area contributed by atoms with Crippen molar-refractivity contribution in [3.63, 3.8) is 0 Å². The van der Waals surface area contributed by atoms with Crippen LogP contribution in [0.1, 0.15) is 50.2 Å². The molecule has 13 nitrogen and oxygen atoms in total. The van der Waals surface area contributed by atoms with E-state index in [0.29, 0.717) is 49.9 Å². The maximum absolute atomic E-state index is 13.3. The number of methoxy groups -OCH3 is 2. The molecule has 0 spiro atoms. The summed E-state index contributed by atoms with van der Waals surface area (Å²) >= 11 is 0. The highest BCUT2D eigenvalue weighted by Crippen LogP contribution is 2.39. The molecular weight excluding hydrogens is 606 g/mol. The monoisotopic (exact) mass is 641 g/mol. The molecule has 0 aliphatic carbocycles. The van der Waals surface area contributed by atoms with Crippen LogP contribution >= 0.6 is 0 Å². The van der Waals surface area contributed by atoms with Gasteiger partial charge < -0.3 is 23.7 Å². The molecule has 2 saturated heterocycles. The average molecular weight is 642 g/mol. The Morgan fingerprint density at radius 1 is 0.851 bits per heavy atom. The highest BCUT2D eigenvalue weighted by Gasteiger charge is 2.44. The van der Waals surface area contributed by atoms with Crippen LogP contribution in [0.15, 0.2) is 41.3 Å². The number of fused-ring (bicyclic) bond motifs is 2. The molecule has 244 valence electrons. The number of aromatic nitrogens is 1. The van der Waals surface area contributed by atoms with Gasteiger partial charge in [0.15, 0.2) is 0 Å². The fourth-order valence-corrected chi connectivity index (χ4v) is 6.99. The number of anilines is 1. The summed E-state index contributed by atoms with van der Waals surface area (Å²) < 4.78 is 18.9. The number of ether oxygens (including phenoxy) is 3. The lowest BCUT2D eigenvalue weighted by molar-refractivity contribution is -0.136. The fourth-order valence-electron chi connectivity index (χ4n) is 6.99. The average Bonchev–Trinajstić information content (AvgIpc) is 3.66. The van der Waals surface area contributed by atoms with E-state index in [1.807, 2.05) is 24.4 Å². The molecule has 3 aromatic rings. The zero-order valence-corrected chi connectivity index (χ0v) is 26.5. The highest BCUT2D eigenvalue weighted by molar-refractivity contribution is 6.23. The second-order valence-corrected chi connectivity index (χ2v) is 12.2. The summed E-state index contributed by atoms with van der Waals surface area (Å²) in [6.07, 6.45) is 2.03. The highest BCUT2D eigenvalue weighted by atomic mass is 16.5. The zero-order valence-electron chi connectivity index (χ0n) is 26.5. The van der Waals surface area contributed by atoms with E-state index in [9.17, 15) is 24.0 Å². The number of piperazine rings is 1. The van der Waals surface area contributed by atoms with E-state index in [2.05, 4.69) is 15.1 Å². The molecule has 0 radical (unpaired) electrons. The van der Waals surface area contributed by atoms with Crippen molar-refractivity contribution >= 4 is 29.3 Å². The van der Waals surface area contributed by atoms with Crippen LogP contribution < -0.4 is 25.2 Å². The van der Waals surface area contributed by atoms with Gasteiger partial charge in [0.2, 0.25) is 11.8 Å². The SMILES string of the molecule is COc1cc(-c2cn(C)c(=O)c3c2COC3)cc(OC)c1CN1CCN(c2ccc3c(c2)C(=O)N(C2CCC(=O)NC2=O)C3=O)CC1. The molecule has 1 N–H and O–H groups in total. The van der Waals surface area contributed by atoms with Crippen molar-refractivity contribution in [1.29, 1.82) is 0 Å². The van der Waals surface area contributed by atoms with Gasteiger partial charge in [-0.2, -0.15) is 0 Å². The lowest BCUT2D eigenvalue weighted by Gasteiger charge is -2.36. The molecule has 4 aliphatic rings. The molecule has 0 bridgehead atoms. The third kappa shape index (κ3) is 5.25. The summed E-state index contributed by atoms with van der Waals surface area (Å²) in [5.41, 5.74) is 5.58. The van der Waals surface area contributed by atoms with Gasteiger partial charge in [-0.3, -0.25) is 39.1 Å². The van der Waals surface area contributed by atoms with Gasteiger partial charge in [-0.05, 0) is 47.9 Å². The molecule has 1 atom stereocenters. The molecule has 2 fully saturated rings. The summed E-state index contributed by atoms with van der Waals surface area (Å²) in [7, 11) is 5.01. The number of nitrogens with one attached hydrogen (secondary N) is 1. The predicted octanol–water partition coefficient (Wildman–Crippen LogP) is 1.82. The summed E-state index contributed by atoms with van der Waals surface area (Å²) in [6.45, 7) is 4.10. The van der Waals surface area contributed by atoms with Gasteiger partial charge in [-0.15, -0.1) is 0 Å². The van der Waals surface area contributed by atoms with E-state index in [1.54, 1.807) is 38.0 Å². The van der Waals surface area contributed by atoms with E-state index in [-0.39, 0.29) is 29.5 Å². The Bertz CT molecular complexity index is 1870. The zero-order chi connectivity index (χ0) is 33.0. The molecule has 0 saturated carbocycles. The Morgan fingerprint density at radius 2 is 1.53 bits per heavy atom. The van der Waals surface area contributed by atoms with E-state index < -0.39 is 29.7 Å². The van der Waals surface area contributed by atoms with Gasteiger partial charge in [0, 0.05) is 69.2 Å². The summed E-state index contributed by atoms with van der Waals surface area (Å²) in [4.78, 5) is 68.5. The smallest absolute Gasteiger partial charge is 0.262 e. The van der Waals surface area contributed by atoms with Gasteiger partial charge >= 0.3 is 0 Å². The molecule has 5 heterocycles. The number of benzene rings is 2. The molecular formula is C34H35N5O8. The Kier molecular flexibility index (Phi) is 7.80. The van der Waals surface area contributed by atoms with Crippen LogP contribution in [-0.4, -0.2) is 84.4 Å². The van der Waals surface area contributed by atoms with Crippen LogP contribution in [0.3, 0.4) is 0 Å². The first-order valence-corrected chi connectivity index (χ1v) is 15.6. The topological polar surface area (TPSA) is 140 Å². The van der Waals surface area contributed by atoms with Crippen molar-refractivity contribution < 1.29 is 33.4 Å². The third-order valence-corrected chi connectivity index (χ3v) is 9.54. The summed E-state index contributed by atoms with van der Waals surface area (Å²) in [5, 5.41) is 2.23. The lowest BCUT2D eigenvalue weighted by atomic mass is 9.97. The molecule has 2 aromatic carbocycles. The Hall–Kier alpha value is -5.01. The standard InChI is InChI=1S/C34H35N5O8/c1-36-15-23(25-17-47-18-26(25)32(36)42)19-12-28(45-2)24(29(13-19)46-3)16-37-8-10-38(11-9-37)20-4-5-21-22(14-20)34(44)39(33(21)43)27-6-7-30(40)35-31(27)41/h4-5,12-15,27H,6-11,16-18H2,1-3H3,(H,35,40,41). The number of piperidine rings is 1. The van der Waals surface area contributed by atoms with Crippen molar-refractivity contribution in [2.24, 2.45) is 7.05 Å². The number of pyridine rings is 1. The van der Waals surface area contributed by atoms with Gasteiger partial charge in [-0.25, -0.2) is 0 Å². The van der Waals surface area contributed by atoms with E-state index in [4.69, 9.17) is 14.2 Å². The van der Waals surface area contributed by atoms with Gasteiger partial charge in [-0.1, -0.05) is 0 Å². The number of rotatable bonds is 7. The largest absolute Gasteiger partial charge is 0.496 e. The molecule has 7 rings (SSSR count). The number of carbonyl (C=O) groups is 4. The quantitative estimate of drug-likeness (QED) is 0.380. The Labute approximate surface area is 270 Å². The number of aryl methyl sites for hydroxylation is 1. The number of nitrogens with zero attached hydrogens (tertiary/aromatic N) is 4. The first kappa shape index (κ1) is 30.6. The minimum Gasteiger partial charge on any atom is -0.496 e. The first-order chi connectivity index (χ1) is 22.7. The molecule has 1 aromatic heterocycles. The van der Waals surface area contributed by atoms with Crippen molar-refractivity contribution in [2.75, 3.05) is 45.3 Å². The van der Waals surface area contributed by atoms with E-state index >= 15 is 0 Å². The van der Waals surface area contributed by atoms with Crippen LogP contribution in [0.25, 0.3) is 11.1 Å². The van der Waals surface area contributed by atoms with Crippen molar-refractivity contribution in [3.8, 4) is 22.6 Å². The van der Waals surface area contributed by atoms with Crippen LogP contribution in [0.5, 0.6) is 11.5 Å². The number of imide groups is 2. The first-order valence-electron chi connectivity index (χ1n) is 15.6. The second kappa shape index (κ2) is 12.0. The Balaban J connectivity index is 1.06. The van der Waals surface area contributed by atoms with Crippen molar-refractivity contribution in [3.05, 3.63) is 74.7 Å². The predicted molar refractivity (Wildman–Crippen MR) is 169 cm³/mol. The van der Waals surface area contributed by atoms with Crippen LogP contribution in [-0.2, 0) is 41.1 Å². The molecule has 13 heteroatoms. The van der Waals surface area contributed by atoms with Crippen LogP contribution in [0.2, 0.25) is 0 Å². The number of amides is 4. The van der Waals surface area contributed by atoms with E-state index in [1.165, 1.54) is 0 Å². The molecule has 4 aliphatic heterocycles. The number of carbonyl (C=O) groups excluding carboxylic acids is 4. The summed E-state index contributed by atoms with van der Waals surface area (Å²) in [5.74, 6) is -0.689. The minimum atomic E-state index is -0.994. The lowest BCUT2D eigenvalue weighted by Crippen LogP contribution is -2.54. The van der Waals surface area contributed by atoms with Crippen LogP contribution in [0.4, 0.5) is 5.69 Å². The summed E-state index contributed by atoms with van der Waals surface area (Å²) in [6, 6.07) is 8.17. The second-order valence-electron chi connectivity index (χ2n) is 12.2. The van der Waals surface area contributed by atoms with Gasteiger partial charge in [0.25, 0.3) is 17.4 Å². The molecule has 1 unspecified atom stereocenters. The normalized spacial score (nSPS) is 19.6. The van der Waals surface area contributed by atoms with Crippen LogP contribution in [0, 0.1) is 0 Å². The van der Waals surface area contributed by atoms with E-state index in [0.717, 1.165) is 45.9 Å². The molecule has 47 heavy (non-hydrogen) atoms.